The molecule has 0 heterocycles. The maximum absolute atomic E-state index is 14.2. The summed E-state index contributed by atoms with van der Waals surface area (Å²) in [6, 6.07) is 21.5. The van der Waals surface area contributed by atoms with Crippen molar-refractivity contribution in [2.45, 2.75) is 38.6 Å². The first-order chi connectivity index (χ1) is 16.9. The van der Waals surface area contributed by atoms with E-state index in [-0.39, 0.29) is 23.3 Å². The highest BCUT2D eigenvalue weighted by Crippen LogP contribution is 2.25. The van der Waals surface area contributed by atoms with Crippen molar-refractivity contribution in [2.75, 3.05) is 12.3 Å². The van der Waals surface area contributed by atoms with Gasteiger partial charge in [0.15, 0.2) is 0 Å². The highest BCUT2D eigenvalue weighted by Gasteiger charge is 2.30. The van der Waals surface area contributed by atoms with Gasteiger partial charge in [0.05, 0.1) is 5.75 Å². The molecule has 0 spiro atoms. The van der Waals surface area contributed by atoms with Crippen LogP contribution in [0.5, 0.6) is 0 Å². The lowest BCUT2D eigenvalue weighted by Gasteiger charge is -2.31. The zero-order valence-electron chi connectivity index (χ0n) is 20.0. The number of aryl methyl sites for hydroxylation is 1. The van der Waals surface area contributed by atoms with Gasteiger partial charge in [0.1, 0.15) is 11.9 Å². The maximum Gasteiger partial charge on any atom is 0.243 e. The minimum Gasteiger partial charge on any atom is -0.355 e. The van der Waals surface area contributed by atoms with Gasteiger partial charge in [0.25, 0.3) is 0 Å². The molecular weight excluding hydrogens is 483 g/mol. The van der Waals surface area contributed by atoms with Crippen LogP contribution < -0.4 is 5.32 Å². The number of hydrogen-bond donors (Lipinski definition) is 1. The lowest BCUT2D eigenvalue weighted by Crippen LogP contribution is -2.51. The second-order valence-corrected chi connectivity index (χ2v) is 9.70. The van der Waals surface area contributed by atoms with Crippen LogP contribution in [0.25, 0.3) is 0 Å². The van der Waals surface area contributed by atoms with Crippen molar-refractivity contribution in [1.82, 2.24) is 10.2 Å². The summed E-state index contributed by atoms with van der Waals surface area (Å²) in [6.45, 7) is 4.63. The van der Waals surface area contributed by atoms with Crippen LogP contribution in [-0.2, 0) is 28.3 Å². The molecule has 0 unspecified atom stereocenters. The Labute approximate surface area is 215 Å². The normalized spacial score (nSPS) is 11.7. The van der Waals surface area contributed by atoms with E-state index in [2.05, 4.69) is 5.32 Å². The fourth-order valence-corrected chi connectivity index (χ4v) is 5.10. The molecule has 1 N–H and O–H groups in total. The molecule has 0 bridgehead atoms. The fraction of sp³-hybridized carbons (Fsp3) is 0.286. The first-order valence-corrected chi connectivity index (χ1v) is 13.1. The second kappa shape index (κ2) is 13.3. The van der Waals surface area contributed by atoms with Crippen molar-refractivity contribution in [3.05, 3.63) is 106 Å². The molecule has 3 aromatic carbocycles. The molecule has 184 valence electrons. The summed E-state index contributed by atoms with van der Waals surface area (Å²) in [5.74, 6) is -0.407. The highest BCUT2D eigenvalue weighted by atomic mass is 35.5. The third kappa shape index (κ3) is 7.84. The zero-order chi connectivity index (χ0) is 25.2. The van der Waals surface area contributed by atoms with Crippen LogP contribution in [0.15, 0.2) is 72.8 Å². The van der Waals surface area contributed by atoms with Crippen LogP contribution in [0.1, 0.15) is 29.2 Å². The summed E-state index contributed by atoms with van der Waals surface area (Å²) in [5, 5.41) is 3.23. The number of amides is 2. The zero-order valence-corrected chi connectivity index (χ0v) is 21.5. The molecule has 0 aliphatic heterocycles. The molecule has 35 heavy (non-hydrogen) atoms. The first-order valence-electron chi connectivity index (χ1n) is 11.6. The van der Waals surface area contributed by atoms with Crippen molar-refractivity contribution in [1.29, 1.82) is 0 Å². The Morgan fingerprint density at radius 1 is 1.03 bits per heavy atom. The molecule has 0 radical (unpaired) electrons. The van der Waals surface area contributed by atoms with Gasteiger partial charge in [-0.2, -0.15) is 0 Å². The van der Waals surface area contributed by atoms with Gasteiger partial charge < -0.3 is 10.2 Å². The van der Waals surface area contributed by atoms with Crippen LogP contribution in [0.4, 0.5) is 4.39 Å². The van der Waals surface area contributed by atoms with E-state index >= 15 is 0 Å². The predicted octanol–water partition coefficient (Wildman–Crippen LogP) is 5.80. The molecule has 0 aliphatic rings. The van der Waals surface area contributed by atoms with E-state index < -0.39 is 11.9 Å². The van der Waals surface area contributed by atoms with Crippen LogP contribution in [0, 0.1) is 12.7 Å². The predicted molar refractivity (Wildman–Crippen MR) is 142 cm³/mol. The summed E-state index contributed by atoms with van der Waals surface area (Å²) in [4.78, 5) is 28.3. The SMILES string of the molecule is CCNC(=O)[C@H](Cc1ccccc1)N(Cc1cccc(C)c1)C(=O)CSCc1c(F)cccc1Cl. The van der Waals surface area contributed by atoms with Crippen molar-refractivity contribution in [3.63, 3.8) is 0 Å². The summed E-state index contributed by atoms with van der Waals surface area (Å²) in [6.07, 6.45) is 0.397. The molecule has 0 aliphatic carbocycles. The van der Waals surface area contributed by atoms with Gasteiger partial charge in [-0.3, -0.25) is 9.59 Å². The van der Waals surface area contributed by atoms with Crippen molar-refractivity contribution in [2.24, 2.45) is 0 Å². The lowest BCUT2D eigenvalue weighted by molar-refractivity contribution is -0.139. The van der Waals surface area contributed by atoms with Crippen LogP contribution in [0.3, 0.4) is 0 Å². The number of nitrogens with zero attached hydrogens (tertiary/aromatic N) is 1. The third-order valence-electron chi connectivity index (χ3n) is 5.59. The number of halogens is 2. The van der Waals surface area contributed by atoms with E-state index in [1.165, 1.54) is 17.8 Å². The number of benzene rings is 3. The summed E-state index contributed by atoms with van der Waals surface area (Å²) < 4.78 is 14.2. The minimum absolute atomic E-state index is 0.0984. The molecule has 2 amide bonds. The molecule has 3 rings (SSSR count). The van der Waals surface area contributed by atoms with E-state index in [9.17, 15) is 14.0 Å². The van der Waals surface area contributed by atoms with Crippen LogP contribution in [0.2, 0.25) is 5.02 Å². The molecule has 4 nitrogen and oxygen atoms in total. The third-order valence-corrected chi connectivity index (χ3v) is 6.89. The van der Waals surface area contributed by atoms with Crippen molar-refractivity contribution >= 4 is 35.2 Å². The average Bonchev–Trinajstić information content (AvgIpc) is 2.84. The Balaban J connectivity index is 1.85. The summed E-state index contributed by atoms with van der Waals surface area (Å²) in [5.41, 5.74) is 3.37. The fourth-order valence-electron chi connectivity index (χ4n) is 3.85. The van der Waals surface area contributed by atoms with Gasteiger partial charge in [-0.15, -0.1) is 11.8 Å². The lowest BCUT2D eigenvalue weighted by atomic mass is 10.0. The molecule has 1 atom stereocenters. The van der Waals surface area contributed by atoms with Gasteiger partial charge in [-0.25, -0.2) is 4.39 Å². The Kier molecular flexibility index (Phi) is 10.2. The molecule has 0 saturated heterocycles. The van der Waals surface area contributed by atoms with E-state index in [4.69, 9.17) is 11.6 Å². The Hall–Kier alpha value is -2.83. The first kappa shape index (κ1) is 26.8. The van der Waals surface area contributed by atoms with E-state index in [1.54, 1.807) is 17.0 Å². The molecule has 7 heteroatoms. The van der Waals surface area contributed by atoms with Crippen molar-refractivity contribution < 1.29 is 14.0 Å². The highest BCUT2D eigenvalue weighted by molar-refractivity contribution is 7.99. The molecule has 0 aromatic heterocycles. The topological polar surface area (TPSA) is 49.4 Å². The second-order valence-electron chi connectivity index (χ2n) is 8.30. The number of likely N-dealkylation sites (N-methyl/N-ethyl adjacent to an activating group) is 1. The minimum atomic E-state index is -0.678. The number of thioether (sulfide) groups is 1. The number of rotatable bonds is 11. The number of carbonyl (C=O) groups is 2. The monoisotopic (exact) mass is 512 g/mol. The Morgan fingerprint density at radius 2 is 1.74 bits per heavy atom. The van der Waals surface area contributed by atoms with Gasteiger partial charge in [0, 0.05) is 35.8 Å². The summed E-state index contributed by atoms with van der Waals surface area (Å²) in [7, 11) is 0. The van der Waals surface area contributed by atoms with Gasteiger partial charge in [0.2, 0.25) is 11.8 Å². The molecular formula is C28H30ClFN2O2S. The number of nitrogens with one attached hydrogen (secondary N) is 1. The maximum atomic E-state index is 14.2. The molecule has 0 fully saturated rings. The molecule has 3 aromatic rings. The smallest absolute Gasteiger partial charge is 0.243 e. The van der Waals surface area contributed by atoms with Gasteiger partial charge in [-0.05, 0) is 37.1 Å². The number of hydrogen-bond acceptors (Lipinski definition) is 3. The Morgan fingerprint density at radius 3 is 2.43 bits per heavy atom. The van der Waals surface area contributed by atoms with Crippen LogP contribution >= 0.6 is 23.4 Å². The van der Waals surface area contributed by atoms with E-state index in [0.717, 1.165) is 16.7 Å². The standard InChI is InChI=1S/C28H30ClFN2O2S/c1-3-31-28(34)26(16-21-10-5-4-6-11-21)32(17-22-12-7-9-20(2)15-22)27(33)19-35-18-23-24(29)13-8-14-25(23)30/h4-15,26H,3,16-19H2,1-2H3,(H,31,34)/t26-/m0/s1. The molecule has 0 saturated carbocycles. The quantitative estimate of drug-likeness (QED) is 0.353. The van der Waals surface area contributed by atoms with Crippen LogP contribution in [-0.4, -0.2) is 35.1 Å². The van der Waals surface area contributed by atoms with Crippen molar-refractivity contribution in [3.8, 4) is 0 Å². The van der Waals surface area contributed by atoms with Gasteiger partial charge >= 0.3 is 0 Å². The Bertz CT molecular complexity index is 1120. The number of carbonyl (C=O) groups excluding carboxylic acids is 2. The largest absolute Gasteiger partial charge is 0.355 e. The van der Waals surface area contributed by atoms with E-state index in [0.29, 0.717) is 30.1 Å². The summed E-state index contributed by atoms with van der Waals surface area (Å²) >= 11 is 7.43. The van der Waals surface area contributed by atoms with E-state index in [1.807, 2.05) is 68.4 Å². The van der Waals surface area contributed by atoms with Gasteiger partial charge in [-0.1, -0.05) is 77.8 Å². The average molecular weight is 513 g/mol.